The molecule has 20 heavy (non-hydrogen) atoms. The lowest BCUT2D eigenvalue weighted by Gasteiger charge is -2.31. The maximum Gasteiger partial charge on any atom is 0.275 e. The number of hydrogen-bond acceptors (Lipinski definition) is 4. The van der Waals surface area contributed by atoms with Crippen LogP contribution in [0.25, 0.3) is 10.9 Å². The summed E-state index contributed by atoms with van der Waals surface area (Å²) in [6, 6.07) is 7.75. The van der Waals surface area contributed by atoms with Crippen molar-refractivity contribution in [3.8, 4) is 0 Å². The fourth-order valence-electron chi connectivity index (χ4n) is 2.57. The lowest BCUT2D eigenvalue weighted by Crippen LogP contribution is -2.48. The Morgan fingerprint density at radius 3 is 3.10 bits per heavy atom. The summed E-state index contributed by atoms with van der Waals surface area (Å²) in [6.07, 6.45) is -0.0809. The molecule has 0 radical (unpaired) electrons. The molecule has 1 fully saturated rings. The molecule has 2 aromatic rings. The van der Waals surface area contributed by atoms with E-state index >= 15 is 0 Å². The molecule has 0 spiro atoms. The van der Waals surface area contributed by atoms with Crippen LogP contribution < -0.4 is 5.73 Å². The summed E-state index contributed by atoms with van der Waals surface area (Å²) >= 11 is 0. The quantitative estimate of drug-likeness (QED) is 0.859. The van der Waals surface area contributed by atoms with Crippen LogP contribution in [0, 0.1) is 0 Å². The fourth-order valence-corrected chi connectivity index (χ4v) is 2.57. The largest absolute Gasteiger partial charge is 0.373 e. The first-order chi connectivity index (χ1) is 9.70. The van der Waals surface area contributed by atoms with Crippen LogP contribution in [0.4, 0.5) is 0 Å². The monoisotopic (exact) mass is 274 g/mol. The number of rotatable bonds is 2. The van der Waals surface area contributed by atoms with E-state index in [9.17, 15) is 4.79 Å². The van der Waals surface area contributed by atoms with Gasteiger partial charge in [0, 0.05) is 32.1 Å². The minimum atomic E-state index is -0.0809. The van der Waals surface area contributed by atoms with E-state index in [0.717, 1.165) is 10.9 Å². The van der Waals surface area contributed by atoms with Crippen molar-refractivity contribution in [1.82, 2.24) is 14.7 Å². The molecule has 1 atom stereocenters. The van der Waals surface area contributed by atoms with Gasteiger partial charge in [-0.15, -0.1) is 0 Å². The van der Waals surface area contributed by atoms with Gasteiger partial charge in [0.15, 0.2) is 5.69 Å². The lowest BCUT2D eigenvalue weighted by atomic mass is 10.2. The van der Waals surface area contributed by atoms with Crippen LogP contribution in [0.15, 0.2) is 24.3 Å². The van der Waals surface area contributed by atoms with Crippen molar-refractivity contribution in [2.75, 3.05) is 26.2 Å². The first-order valence-electron chi connectivity index (χ1n) is 6.73. The maximum atomic E-state index is 12.6. The van der Waals surface area contributed by atoms with E-state index in [1.54, 1.807) is 9.58 Å². The minimum Gasteiger partial charge on any atom is -0.373 e. The van der Waals surface area contributed by atoms with Gasteiger partial charge in [0.2, 0.25) is 0 Å². The van der Waals surface area contributed by atoms with Crippen molar-refractivity contribution in [1.29, 1.82) is 0 Å². The SMILES string of the molecule is Cn1nc(C(=O)N2CCOC(CN)C2)c2ccccc21. The van der Waals surface area contributed by atoms with Gasteiger partial charge in [0.1, 0.15) is 0 Å². The molecule has 1 aromatic heterocycles. The van der Waals surface area contributed by atoms with Crippen molar-refractivity contribution in [2.24, 2.45) is 12.8 Å². The molecule has 1 unspecified atom stereocenters. The van der Waals surface area contributed by atoms with E-state index < -0.39 is 0 Å². The number of amides is 1. The Labute approximate surface area is 117 Å². The van der Waals surface area contributed by atoms with Crippen molar-refractivity contribution in [3.05, 3.63) is 30.0 Å². The number of fused-ring (bicyclic) bond motifs is 1. The van der Waals surface area contributed by atoms with Crippen LogP contribution >= 0.6 is 0 Å². The van der Waals surface area contributed by atoms with E-state index in [0.29, 0.717) is 31.9 Å². The molecule has 3 rings (SSSR count). The third-order valence-electron chi connectivity index (χ3n) is 3.65. The summed E-state index contributed by atoms with van der Waals surface area (Å²) in [5, 5.41) is 5.25. The molecule has 6 nitrogen and oxygen atoms in total. The summed E-state index contributed by atoms with van der Waals surface area (Å²) in [5.74, 6) is -0.0523. The second-order valence-electron chi connectivity index (χ2n) is 4.97. The zero-order valence-corrected chi connectivity index (χ0v) is 11.5. The van der Waals surface area contributed by atoms with Gasteiger partial charge in [-0.25, -0.2) is 0 Å². The van der Waals surface area contributed by atoms with Gasteiger partial charge in [-0.2, -0.15) is 5.10 Å². The highest BCUT2D eigenvalue weighted by molar-refractivity contribution is 6.04. The number of carbonyl (C=O) groups excluding carboxylic acids is 1. The maximum absolute atomic E-state index is 12.6. The second kappa shape index (κ2) is 5.22. The van der Waals surface area contributed by atoms with Gasteiger partial charge >= 0.3 is 0 Å². The van der Waals surface area contributed by atoms with Gasteiger partial charge in [0.25, 0.3) is 5.91 Å². The Kier molecular flexibility index (Phi) is 3.42. The Balaban J connectivity index is 1.92. The highest BCUT2D eigenvalue weighted by atomic mass is 16.5. The third kappa shape index (κ3) is 2.17. The van der Waals surface area contributed by atoms with Gasteiger partial charge in [-0.3, -0.25) is 9.48 Å². The van der Waals surface area contributed by atoms with Gasteiger partial charge < -0.3 is 15.4 Å². The molecule has 106 valence electrons. The Hall–Kier alpha value is -1.92. The number of benzene rings is 1. The Morgan fingerprint density at radius 2 is 2.30 bits per heavy atom. The van der Waals surface area contributed by atoms with Crippen molar-refractivity contribution in [2.45, 2.75) is 6.10 Å². The number of hydrogen-bond donors (Lipinski definition) is 1. The number of aromatic nitrogens is 2. The summed E-state index contributed by atoms with van der Waals surface area (Å²) in [5.41, 5.74) is 7.07. The van der Waals surface area contributed by atoms with Crippen LogP contribution in [0.3, 0.4) is 0 Å². The normalized spacial score (nSPS) is 19.5. The van der Waals surface area contributed by atoms with E-state index in [-0.39, 0.29) is 12.0 Å². The van der Waals surface area contributed by atoms with Gasteiger partial charge in [0.05, 0.1) is 18.2 Å². The summed E-state index contributed by atoms with van der Waals surface area (Å²) in [7, 11) is 1.85. The smallest absolute Gasteiger partial charge is 0.275 e. The minimum absolute atomic E-state index is 0.0523. The molecule has 2 N–H and O–H groups in total. The van der Waals surface area contributed by atoms with Gasteiger partial charge in [-0.1, -0.05) is 18.2 Å². The molecule has 1 saturated heterocycles. The number of para-hydroxylation sites is 1. The van der Waals surface area contributed by atoms with Crippen molar-refractivity contribution >= 4 is 16.8 Å². The number of ether oxygens (including phenoxy) is 1. The summed E-state index contributed by atoms with van der Waals surface area (Å²) in [6.45, 7) is 2.06. The van der Waals surface area contributed by atoms with E-state index in [4.69, 9.17) is 10.5 Å². The molecule has 0 saturated carbocycles. The predicted octanol–water partition coefficient (Wildman–Crippen LogP) is 0.373. The summed E-state index contributed by atoms with van der Waals surface area (Å²) in [4.78, 5) is 14.4. The van der Waals surface area contributed by atoms with E-state index in [2.05, 4.69) is 5.10 Å². The highest BCUT2D eigenvalue weighted by Gasteiger charge is 2.27. The molecule has 1 aromatic carbocycles. The number of morpholine rings is 1. The fraction of sp³-hybridized carbons (Fsp3) is 0.429. The molecule has 0 aliphatic carbocycles. The molecular weight excluding hydrogens is 256 g/mol. The predicted molar refractivity (Wildman–Crippen MR) is 75.4 cm³/mol. The van der Waals surface area contributed by atoms with Crippen molar-refractivity contribution in [3.63, 3.8) is 0 Å². The van der Waals surface area contributed by atoms with Crippen LogP contribution in [0.5, 0.6) is 0 Å². The molecule has 1 aliphatic rings. The first-order valence-corrected chi connectivity index (χ1v) is 6.73. The second-order valence-corrected chi connectivity index (χ2v) is 4.97. The topological polar surface area (TPSA) is 73.4 Å². The molecule has 6 heteroatoms. The Morgan fingerprint density at radius 1 is 1.50 bits per heavy atom. The van der Waals surface area contributed by atoms with Crippen LogP contribution in [-0.4, -0.2) is 52.9 Å². The first kappa shape index (κ1) is 13.1. The highest BCUT2D eigenvalue weighted by Crippen LogP contribution is 2.19. The van der Waals surface area contributed by atoms with Crippen LogP contribution in [0.2, 0.25) is 0 Å². The average Bonchev–Trinajstić information content (AvgIpc) is 2.84. The number of nitrogens with two attached hydrogens (primary N) is 1. The summed E-state index contributed by atoms with van der Waals surface area (Å²) < 4.78 is 7.23. The molecule has 2 heterocycles. The zero-order chi connectivity index (χ0) is 14.1. The average molecular weight is 274 g/mol. The molecule has 1 aliphatic heterocycles. The Bertz CT molecular complexity index is 637. The van der Waals surface area contributed by atoms with Crippen molar-refractivity contribution < 1.29 is 9.53 Å². The standard InChI is InChI=1S/C14H18N4O2/c1-17-12-5-3-2-4-11(12)13(16-17)14(19)18-6-7-20-10(8-15)9-18/h2-5,10H,6-9,15H2,1H3. The molecule has 0 bridgehead atoms. The van der Waals surface area contributed by atoms with E-state index in [1.807, 2.05) is 31.3 Å². The number of carbonyl (C=O) groups is 1. The van der Waals surface area contributed by atoms with Gasteiger partial charge in [-0.05, 0) is 6.07 Å². The van der Waals surface area contributed by atoms with E-state index in [1.165, 1.54) is 0 Å². The third-order valence-corrected chi connectivity index (χ3v) is 3.65. The van der Waals surface area contributed by atoms with Crippen LogP contribution in [0.1, 0.15) is 10.5 Å². The lowest BCUT2D eigenvalue weighted by molar-refractivity contribution is -0.0169. The molecular formula is C14H18N4O2. The molecule has 1 amide bonds. The number of nitrogens with zero attached hydrogens (tertiary/aromatic N) is 3. The number of aryl methyl sites for hydroxylation is 1. The van der Waals surface area contributed by atoms with Crippen LogP contribution in [-0.2, 0) is 11.8 Å². The zero-order valence-electron chi connectivity index (χ0n) is 11.5.